The van der Waals surface area contributed by atoms with Gasteiger partial charge in [-0.05, 0) is 42.3 Å². The molecule has 0 unspecified atom stereocenters. The van der Waals surface area contributed by atoms with Crippen molar-refractivity contribution >= 4 is 35.1 Å². The Morgan fingerprint density at radius 2 is 2.00 bits per heavy atom. The molecular weight excluding hydrogens is 430 g/mol. The summed E-state index contributed by atoms with van der Waals surface area (Å²) in [4.78, 5) is 23.4. The van der Waals surface area contributed by atoms with Gasteiger partial charge in [-0.2, -0.15) is 0 Å². The van der Waals surface area contributed by atoms with E-state index in [-0.39, 0.29) is 17.1 Å². The van der Waals surface area contributed by atoms with Crippen molar-refractivity contribution in [3.63, 3.8) is 0 Å². The third kappa shape index (κ3) is 4.62. The number of ether oxygens (including phenoxy) is 1. The van der Waals surface area contributed by atoms with Gasteiger partial charge in [-0.3, -0.25) is 14.9 Å². The van der Waals surface area contributed by atoms with Crippen molar-refractivity contribution in [2.45, 2.75) is 18.8 Å². The summed E-state index contributed by atoms with van der Waals surface area (Å²) in [5, 5.41) is 17.2. The molecule has 9 heteroatoms. The molecule has 2 N–H and O–H groups in total. The summed E-state index contributed by atoms with van der Waals surface area (Å²) in [6.07, 6.45) is 2.64. The fourth-order valence-corrected chi connectivity index (χ4v) is 4.22. The lowest BCUT2D eigenvalue weighted by Gasteiger charge is -2.12. The molecule has 1 saturated heterocycles. The van der Waals surface area contributed by atoms with E-state index in [4.69, 9.17) is 9.15 Å². The average Bonchev–Trinajstić information content (AvgIpc) is 3.40. The van der Waals surface area contributed by atoms with E-state index in [0.29, 0.717) is 27.7 Å². The lowest BCUT2D eigenvalue weighted by molar-refractivity contribution is -0.384. The molecule has 32 heavy (non-hydrogen) atoms. The zero-order chi connectivity index (χ0) is 22.7. The Bertz CT molecular complexity index is 1190. The van der Waals surface area contributed by atoms with Gasteiger partial charge in [0.05, 0.1) is 28.6 Å². The number of carbonyl (C=O) groups is 1. The summed E-state index contributed by atoms with van der Waals surface area (Å²) in [5.41, 5.74) is 2.40. The van der Waals surface area contributed by atoms with Gasteiger partial charge < -0.3 is 19.8 Å². The SMILES string of the molecule is CCc1ccc(N[C@@H]2NC(=O)/C(=C/c3ccc(-c4ccc([N+](=O)[O-])cc4OC)o3)S2)cc1. The number of carbonyl (C=O) groups excluding carboxylic acids is 1. The minimum atomic E-state index is -0.483. The Morgan fingerprint density at radius 3 is 2.69 bits per heavy atom. The van der Waals surface area contributed by atoms with Crippen LogP contribution < -0.4 is 15.4 Å². The number of nitro groups is 1. The maximum atomic E-state index is 12.4. The number of nitrogens with one attached hydrogen (secondary N) is 2. The second-order valence-electron chi connectivity index (χ2n) is 7.02. The summed E-state index contributed by atoms with van der Waals surface area (Å²) < 4.78 is 11.1. The number of rotatable bonds is 7. The number of nitro benzene ring substituents is 1. The quantitative estimate of drug-likeness (QED) is 0.295. The first-order valence-corrected chi connectivity index (χ1v) is 10.8. The van der Waals surface area contributed by atoms with Crippen LogP contribution in [0.2, 0.25) is 0 Å². The molecule has 1 atom stereocenters. The number of hydrogen-bond acceptors (Lipinski definition) is 7. The predicted octanol–water partition coefficient (Wildman–Crippen LogP) is 5.03. The van der Waals surface area contributed by atoms with Crippen molar-refractivity contribution < 1.29 is 18.9 Å². The first-order chi connectivity index (χ1) is 15.5. The second-order valence-corrected chi connectivity index (χ2v) is 8.17. The van der Waals surface area contributed by atoms with Crippen LogP contribution in [0.25, 0.3) is 17.4 Å². The standard InChI is InChI=1S/C23H21N3O5S/c1-3-14-4-6-15(7-5-14)24-23-25-22(27)21(32-23)13-17-9-11-19(31-17)18-10-8-16(26(28)29)12-20(18)30-2/h4-13,23-24H,3H2,1-2H3,(H,25,27)/b21-13-/t23-/m1/s1. The Balaban J connectivity index is 1.49. The topological polar surface area (TPSA) is 107 Å². The number of methoxy groups -OCH3 is 1. The van der Waals surface area contributed by atoms with Gasteiger partial charge in [0.2, 0.25) is 0 Å². The molecule has 1 fully saturated rings. The molecule has 1 aromatic heterocycles. The number of thioether (sulfide) groups is 1. The molecule has 0 saturated carbocycles. The fraction of sp³-hybridized carbons (Fsp3) is 0.174. The number of non-ortho nitro benzene ring substituents is 1. The van der Waals surface area contributed by atoms with Gasteiger partial charge in [0, 0.05) is 17.8 Å². The van der Waals surface area contributed by atoms with Gasteiger partial charge in [0.25, 0.3) is 11.6 Å². The lowest BCUT2D eigenvalue weighted by atomic mass is 10.1. The van der Waals surface area contributed by atoms with E-state index in [0.717, 1.165) is 12.1 Å². The fourth-order valence-electron chi connectivity index (χ4n) is 3.25. The zero-order valence-electron chi connectivity index (χ0n) is 17.5. The Labute approximate surface area is 188 Å². The summed E-state index contributed by atoms with van der Waals surface area (Å²) >= 11 is 1.37. The Kier molecular flexibility index (Phi) is 6.18. The molecule has 2 aromatic carbocycles. The van der Waals surface area contributed by atoms with Gasteiger partial charge in [-0.15, -0.1) is 0 Å². The van der Waals surface area contributed by atoms with Crippen LogP contribution in [0.3, 0.4) is 0 Å². The molecule has 164 valence electrons. The van der Waals surface area contributed by atoms with Crippen molar-refractivity contribution in [1.82, 2.24) is 5.32 Å². The summed E-state index contributed by atoms with van der Waals surface area (Å²) in [6, 6.07) is 15.9. The van der Waals surface area contributed by atoms with Crippen LogP contribution in [0.4, 0.5) is 11.4 Å². The normalized spacial score (nSPS) is 16.8. The monoisotopic (exact) mass is 451 g/mol. The zero-order valence-corrected chi connectivity index (χ0v) is 18.3. The molecular formula is C23H21N3O5S. The third-order valence-corrected chi connectivity index (χ3v) is 5.98. The van der Waals surface area contributed by atoms with Gasteiger partial charge in [0.15, 0.2) is 5.50 Å². The summed E-state index contributed by atoms with van der Waals surface area (Å²) in [7, 11) is 1.44. The van der Waals surface area contributed by atoms with Crippen molar-refractivity contribution in [1.29, 1.82) is 0 Å². The minimum Gasteiger partial charge on any atom is -0.496 e. The van der Waals surface area contributed by atoms with Crippen LogP contribution >= 0.6 is 11.8 Å². The molecule has 0 spiro atoms. The molecule has 1 aliphatic rings. The number of nitrogens with zero attached hydrogens (tertiary/aromatic N) is 1. The van der Waals surface area contributed by atoms with Crippen molar-refractivity contribution in [3.05, 3.63) is 80.9 Å². The Hall–Kier alpha value is -3.72. The molecule has 4 rings (SSSR count). The van der Waals surface area contributed by atoms with E-state index in [1.807, 2.05) is 12.1 Å². The molecule has 2 heterocycles. The van der Waals surface area contributed by atoms with E-state index in [9.17, 15) is 14.9 Å². The number of aryl methyl sites for hydroxylation is 1. The highest BCUT2D eigenvalue weighted by molar-refractivity contribution is 8.05. The number of amides is 1. The van der Waals surface area contributed by atoms with E-state index in [2.05, 4.69) is 29.7 Å². The van der Waals surface area contributed by atoms with E-state index in [1.165, 1.54) is 36.6 Å². The number of benzene rings is 2. The van der Waals surface area contributed by atoms with Crippen molar-refractivity contribution in [3.8, 4) is 17.1 Å². The average molecular weight is 452 g/mol. The molecule has 1 amide bonds. The highest BCUT2D eigenvalue weighted by atomic mass is 32.2. The second kappa shape index (κ2) is 9.19. The van der Waals surface area contributed by atoms with Gasteiger partial charge in [-0.1, -0.05) is 30.8 Å². The molecule has 0 aliphatic carbocycles. The highest BCUT2D eigenvalue weighted by Gasteiger charge is 2.27. The maximum absolute atomic E-state index is 12.4. The minimum absolute atomic E-state index is 0.0681. The van der Waals surface area contributed by atoms with Gasteiger partial charge >= 0.3 is 0 Å². The first-order valence-electron chi connectivity index (χ1n) is 9.94. The van der Waals surface area contributed by atoms with Crippen LogP contribution in [0.15, 0.2) is 63.9 Å². The summed E-state index contributed by atoms with van der Waals surface area (Å²) in [5.74, 6) is 1.12. The number of hydrogen-bond donors (Lipinski definition) is 2. The van der Waals surface area contributed by atoms with Gasteiger partial charge in [-0.25, -0.2) is 0 Å². The van der Waals surface area contributed by atoms with Crippen LogP contribution in [-0.2, 0) is 11.2 Å². The molecule has 0 bridgehead atoms. The van der Waals surface area contributed by atoms with Gasteiger partial charge in [0.1, 0.15) is 17.3 Å². The third-order valence-electron chi connectivity index (χ3n) is 4.95. The van der Waals surface area contributed by atoms with E-state index < -0.39 is 4.92 Å². The molecule has 3 aromatic rings. The molecule has 1 aliphatic heterocycles. The van der Waals surface area contributed by atoms with Crippen LogP contribution in [-0.4, -0.2) is 23.4 Å². The largest absolute Gasteiger partial charge is 0.496 e. The molecule has 8 nitrogen and oxygen atoms in total. The van der Waals surface area contributed by atoms with Crippen LogP contribution in [0.1, 0.15) is 18.2 Å². The van der Waals surface area contributed by atoms with Crippen molar-refractivity contribution in [2.75, 3.05) is 12.4 Å². The number of anilines is 1. The predicted molar refractivity (Wildman–Crippen MR) is 124 cm³/mol. The first kappa shape index (κ1) is 21.5. The van der Waals surface area contributed by atoms with Crippen molar-refractivity contribution in [2.24, 2.45) is 0 Å². The van der Waals surface area contributed by atoms with Crippen LogP contribution in [0, 0.1) is 10.1 Å². The lowest BCUT2D eigenvalue weighted by Crippen LogP contribution is -2.30. The number of furan rings is 1. The Morgan fingerprint density at radius 1 is 1.22 bits per heavy atom. The smallest absolute Gasteiger partial charge is 0.273 e. The maximum Gasteiger partial charge on any atom is 0.273 e. The summed E-state index contributed by atoms with van der Waals surface area (Å²) in [6.45, 7) is 2.10. The van der Waals surface area contributed by atoms with E-state index >= 15 is 0 Å². The highest BCUT2D eigenvalue weighted by Crippen LogP contribution is 2.36. The van der Waals surface area contributed by atoms with E-state index in [1.54, 1.807) is 24.3 Å². The van der Waals surface area contributed by atoms with Crippen LogP contribution in [0.5, 0.6) is 5.75 Å². The molecule has 0 radical (unpaired) electrons.